The van der Waals surface area contributed by atoms with Gasteiger partial charge >= 0.3 is 0 Å². The predicted molar refractivity (Wildman–Crippen MR) is 101 cm³/mol. The average molecular weight is 354 g/mol. The Kier molecular flexibility index (Phi) is 6.94. The minimum atomic E-state index is -0.233. The summed E-state index contributed by atoms with van der Waals surface area (Å²) in [7, 11) is 0. The highest BCUT2D eigenvalue weighted by Gasteiger charge is 2.32. The first-order chi connectivity index (χ1) is 11.6. The Morgan fingerprint density at radius 2 is 1.56 bits per heavy atom. The van der Waals surface area contributed by atoms with Gasteiger partial charge in [0.2, 0.25) is 5.91 Å². The van der Waals surface area contributed by atoms with Gasteiger partial charge in [0.05, 0.1) is 18.8 Å². The molecule has 2 fully saturated rings. The molecule has 0 spiro atoms. The number of ether oxygens (including phenoxy) is 1. The molecule has 0 bridgehead atoms. The number of likely N-dealkylation sites (tertiary alicyclic amines) is 1. The highest BCUT2D eigenvalue weighted by Crippen LogP contribution is 2.39. The van der Waals surface area contributed by atoms with Crippen LogP contribution in [0, 0.1) is 16.7 Å². The molecule has 146 valence electrons. The number of hydrogen-bond acceptors (Lipinski definition) is 3. The van der Waals surface area contributed by atoms with Crippen molar-refractivity contribution in [2.45, 2.75) is 91.8 Å². The maximum Gasteiger partial charge on any atom is 0.223 e. The fourth-order valence-corrected chi connectivity index (χ4v) is 4.13. The summed E-state index contributed by atoms with van der Waals surface area (Å²) in [6.45, 7) is 13.3. The smallest absolute Gasteiger partial charge is 0.223 e. The minimum absolute atomic E-state index is 0.131. The van der Waals surface area contributed by atoms with Crippen molar-refractivity contribution in [3.8, 4) is 0 Å². The lowest BCUT2D eigenvalue weighted by molar-refractivity contribution is -0.137. The first kappa shape index (κ1) is 20.7. The summed E-state index contributed by atoms with van der Waals surface area (Å²) >= 11 is 0. The van der Waals surface area contributed by atoms with Gasteiger partial charge in [-0.3, -0.25) is 4.79 Å². The molecule has 0 atom stereocenters. The maximum atomic E-state index is 12.5. The molecule has 2 aliphatic rings. The second-order valence-electron chi connectivity index (χ2n) is 10.1. The van der Waals surface area contributed by atoms with Crippen molar-refractivity contribution in [2.24, 2.45) is 16.7 Å². The van der Waals surface area contributed by atoms with Crippen LogP contribution >= 0.6 is 0 Å². The molecule has 1 aliphatic carbocycles. The van der Waals surface area contributed by atoms with Crippen LogP contribution in [-0.4, -0.2) is 47.8 Å². The molecule has 1 aliphatic heterocycles. The molecule has 0 aromatic rings. The summed E-state index contributed by atoms with van der Waals surface area (Å²) in [6.07, 6.45) is 6.88. The summed E-state index contributed by atoms with van der Waals surface area (Å²) < 4.78 is 6.20. The van der Waals surface area contributed by atoms with E-state index in [0.717, 1.165) is 18.8 Å². The summed E-state index contributed by atoms with van der Waals surface area (Å²) in [5.41, 5.74) is 0.271. The molecule has 1 amide bonds. The average Bonchev–Trinajstić information content (AvgIpc) is 2.53. The molecule has 1 saturated heterocycles. The summed E-state index contributed by atoms with van der Waals surface area (Å²) in [5.74, 6) is 1.01. The Hall–Kier alpha value is -0.610. The van der Waals surface area contributed by atoms with Gasteiger partial charge in [-0.05, 0) is 55.3 Å². The van der Waals surface area contributed by atoms with Crippen LogP contribution in [0.1, 0.15) is 79.6 Å². The molecule has 1 heterocycles. The fraction of sp³-hybridized carbons (Fsp3) is 0.952. The lowest BCUT2D eigenvalue weighted by Crippen LogP contribution is -2.42. The van der Waals surface area contributed by atoms with Crippen LogP contribution in [0.3, 0.4) is 0 Å². The van der Waals surface area contributed by atoms with E-state index in [1.54, 1.807) is 0 Å². The van der Waals surface area contributed by atoms with E-state index in [1.807, 2.05) is 4.90 Å². The standard InChI is InChI=1S/C21H39NO3/c1-20(2,3)16-6-8-18(9-7-16)25-15-21(4,5)14-19(24)22-12-10-17(23)11-13-22/h16-18,23H,6-15H2,1-5H3. The number of amides is 1. The van der Waals surface area contributed by atoms with Crippen LogP contribution in [0.25, 0.3) is 0 Å². The van der Waals surface area contributed by atoms with Crippen molar-refractivity contribution in [3.05, 3.63) is 0 Å². The van der Waals surface area contributed by atoms with E-state index in [2.05, 4.69) is 34.6 Å². The quantitative estimate of drug-likeness (QED) is 0.812. The van der Waals surface area contributed by atoms with Crippen molar-refractivity contribution >= 4 is 5.91 Å². The van der Waals surface area contributed by atoms with Gasteiger partial charge in [0.25, 0.3) is 0 Å². The van der Waals surface area contributed by atoms with E-state index < -0.39 is 0 Å². The van der Waals surface area contributed by atoms with E-state index in [1.165, 1.54) is 12.8 Å². The van der Waals surface area contributed by atoms with Crippen LogP contribution in [-0.2, 0) is 9.53 Å². The Labute approximate surface area is 154 Å². The second kappa shape index (κ2) is 8.39. The van der Waals surface area contributed by atoms with Crippen molar-refractivity contribution < 1.29 is 14.6 Å². The summed E-state index contributed by atoms with van der Waals surface area (Å²) in [6, 6.07) is 0. The van der Waals surface area contributed by atoms with Crippen LogP contribution in [0.4, 0.5) is 0 Å². The highest BCUT2D eigenvalue weighted by atomic mass is 16.5. The molecule has 0 unspecified atom stereocenters. The Balaban J connectivity index is 1.71. The number of hydrogen-bond donors (Lipinski definition) is 1. The van der Waals surface area contributed by atoms with Crippen LogP contribution in [0.5, 0.6) is 0 Å². The van der Waals surface area contributed by atoms with Gasteiger partial charge in [-0.15, -0.1) is 0 Å². The number of aliphatic hydroxyl groups excluding tert-OH is 1. The lowest BCUT2D eigenvalue weighted by Gasteiger charge is -2.38. The monoisotopic (exact) mass is 353 g/mol. The van der Waals surface area contributed by atoms with Gasteiger partial charge < -0.3 is 14.7 Å². The van der Waals surface area contributed by atoms with Crippen LogP contribution < -0.4 is 0 Å². The summed E-state index contributed by atoms with van der Waals surface area (Å²) in [5, 5.41) is 9.58. The second-order valence-corrected chi connectivity index (χ2v) is 10.1. The number of piperidine rings is 1. The number of rotatable bonds is 5. The maximum absolute atomic E-state index is 12.5. The highest BCUT2D eigenvalue weighted by molar-refractivity contribution is 5.77. The van der Waals surface area contributed by atoms with Crippen molar-refractivity contribution in [1.29, 1.82) is 0 Å². The molecule has 0 aromatic heterocycles. The topological polar surface area (TPSA) is 49.8 Å². The van der Waals surface area contributed by atoms with E-state index in [9.17, 15) is 9.90 Å². The number of carbonyl (C=O) groups excluding carboxylic acids is 1. The van der Waals surface area contributed by atoms with E-state index in [4.69, 9.17) is 4.74 Å². The number of nitrogens with zero attached hydrogens (tertiary/aromatic N) is 1. The van der Waals surface area contributed by atoms with Gasteiger partial charge in [0.1, 0.15) is 0 Å². The molecular formula is C21H39NO3. The van der Waals surface area contributed by atoms with Crippen molar-refractivity contribution in [2.75, 3.05) is 19.7 Å². The molecule has 0 aromatic carbocycles. The minimum Gasteiger partial charge on any atom is -0.393 e. The third-order valence-electron chi connectivity index (χ3n) is 6.06. The van der Waals surface area contributed by atoms with Crippen molar-refractivity contribution in [1.82, 2.24) is 4.90 Å². The molecule has 0 radical (unpaired) electrons. The Bertz CT molecular complexity index is 425. The number of aliphatic hydroxyl groups is 1. The van der Waals surface area contributed by atoms with Gasteiger partial charge in [-0.25, -0.2) is 0 Å². The normalized spacial score (nSPS) is 26.7. The first-order valence-corrected chi connectivity index (χ1v) is 10.1. The Morgan fingerprint density at radius 1 is 1.00 bits per heavy atom. The van der Waals surface area contributed by atoms with Gasteiger partial charge in [-0.2, -0.15) is 0 Å². The zero-order chi connectivity index (χ0) is 18.7. The molecular weight excluding hydrogens is 314 g/mol. The first-order valence-electron chi connectivity index (χ1n) is 10.1. The SMILES string of the molecule is CC(C)(COC1CCC(C(C)(C)C)CC1)CC(=O)N1CCC(O)CC1. The van der Waals surface area contributed by atoms with E-state index in [0.29, 0.717) is 50.5 Å². The molecule has 25 heavy (non-hydrogen) atoms. The number of carbonyl (C=O) groups is 1. The summed E-state index contributed by atoms with van der Waals surface area (Å²) in [4.78, 5) is 14.4. The van der Waals surface area contributed by atoms with E-state index >= 15 is 0 Å². The van der Waals surface area contributed by atoms with Crippen LogP contribution in [0.15, 0.2) is 0 Å². The zero-order valence-electron chi connectivity index (χ0n) is 17.0. The van der Waals surface area contributed by atoms with Crippen molar-refractivity contribution in [3.63, 3.8) is 0 Å². The zero-order valence-corrected chi connectivity index (χ0v) is 17.0. The van der Waals surface area contributed by atoms with Gasteiger partial charge in [-0.1, -0.05) is 34.6 Å². The molecule has 1 saturated carbocycles. The lowest BCUT2D eigenvalue weighted by atomic mass is 9.72. The van der Waals surface area contributed by atoms with E-state index in [-0.39, 0.29) is 17.4 Å². The molecule has 1 N–H and O–H groups in total. The molecule has 4 nitrogen and oxygen atoms in total. The predicted octanol–water partition coefficient (Wildman–Crippen LogP) is 4.01. The van der Waals surface area contributed by atoms with Crippen LogP contribution in [0.2, 0.25) is 0 Å². The third kappa shape index (κ3) is 6.56. The van der Waals surface area contributed by atoms with Gasteiger partial charge in [0, 0.05) is 19.5 Å². The fourth-order valence-electron chi connectivity index (χ4n) is 4.13. The molecule has 4 heteroatoms. The Morgan fingerprint density at radius 3 is 2.08 bits per heavy atom. The molecule has 2 rings (SSSR count). The third-order valence-corrected chi connectivity index (χ3v) is 6.06. The largest absolute Gasteiger partial charge is 0.393 e. The van der Waals surface area contributed by atoms with Gasteiger partial charge in [0.15, 0.2) is 0 Å².